The Morgan fingerprint density at radius 1 is 1.17 bits per heavy atom. The molecule has 4 heterocycles. The van der Waals surface area contributed by atoms with Gasteiger partial charge in [-0.1, -0.05) is 5.16 Å². The minimum atomic E-state index is 0.143. The number of ether oxygens (including phenoxy) is 1. The summed E-state index contributed by atoms with van der Waals surface area (Å²) >= 11 is 0. The Kier molecular flexibility index (Phi) is 4.57. The molecule has 9 heteroatoms. The normalized spacial score (nSPS) is 14.6. The molecule has 9 nitrogen and oxygen atoms in total. The highest BCUT2D eigenvalue weighted by Gasteiger charge is 2.17. The summed E-state index contributed by atoms with van der Waals surface area (Å²) in [5, 5.41) is 4.03. The van der Waals surface area contributed by atoms with Crippen molar-refractivity contribution >= 4 is 16.9 Å². The van der Waals surface area contributed by atoms with Crippen molar-refractivity contribution in [3.05, 3.63) is 42.9 Å². The van der Waals surface area contributed by atoms with Crippen molar-refractivity contribution in [2.45, 2.75) is 13.0 Å². The van der Waals surface area contributed by atoms with Crippen molar-refractivity contribution in [2.24, 2.45) is 0 Å². The van der Waals surface area contributed by atoms with Gasteiger partial charge in [-0.15, -0.1) is 0 Å². The van der Waals surface area contributed by atoms with Crippen LogP contribution < -0.4 is 0 Å². The molecule has 1 amide bonds. The van der Waals surface area contributed by atoms with Crippen LogP contribution in [0.4, 0.5) is 0 Å². The molecule has 3 aromatic heterocycles. The zero-order valence-corrected chi connectivity index (χ0v) is 15.7. The van der Waals surface area contributed by atoms with Gasteiger partial charge in [0.05, 0.1) is 36.8 Å². The number of hydrogen-bond acceptors (Lipinski definition) is 7. The molecule has 0 spiro atoms. The number of carbonyl (C=O) groups excluding carboxylic acids is 1. The molecule has 1 aliphatic heterocycles. The fourth-order valence-corrected chi connectivity index (χ4v) is 3.41. The first-order valence-electron chi connectivity index (χ1n) is 9.46. The Balaban J connectivity index is 1.31. The summed E-state index contributed by atoms with van der Waals surface area (Å²) in [6.45, 7) is 3.13. The maximum Gasteiger partial charge on any atom is 0.293 e. The highest BCUT2D eigenvalue weighted by Crippen LogP contribution is 2.25. The number of rotatable bonds is 5. The van der Waals surface area contributed by atoms with Gasteiger partial charge in [-0.3, -0.25) is 4.79 Å². The summed E-state index contributed by atoms with van der Waals surface area (Å²) in [6, 6.07) is 9.31. The zero-order chi connectivity index (χ0) is 19.6. The summed E-state index contributed by atoms with van der Waals surface area (Å²) in [5.41, 5.74) is 2.57. The Bertz CT molecular complexity index is 1130. The molecule has 0 unspecified atom stereocenters. The second-order valence-electron chi connectivity index (χ2n) is 6.79. The minimum Gasteiger partial charge on any atom is -0.459 e. The van der Waals surface area contributed by atoms with Gasteiger partial charge in [-0.05, 0) is 30.3 Å². The Labute approximate surface area is 165 Å². The van der Waals surface area contributed by atoms with Crippen LogP contribution in [0.3, 0.4) is 0 Å². The molecule has 1 aromatic carbocycles. The van der Waals surface area contributed by atoms with Gasteiger partial charge in [0.15, 0.2) is 5.76 Å². The van der Waals surface area contributed by atoms with E-state index in [1.165, 1.54) is 0 Å². The molecular weight excluding hydrogens is 374 g/mol. The standard InChI is InChI=1S/C20H19N5O4/c26-18(24-7-10-27-11-8-24)5-6-25-13-21-15-12-14(3-4-16(15)25)19-22-20(29-23-19)17-2-1-9-28-17/h1-4,9,12-13H,5-8,10-11H2. The number of benzene rings is 1. The minimum absolute atomic E-state index is 0.143. The Morgan fingerprint density at radius 2 is 2.07 bits per heavy atom. The van der Waals surface area contributed by atoms with Crippen molar-refractivity contribution in [1.29, 1.82) is 0 Å². The van der Waals surface area contributed by atoms with E-state index < -0.39 is 0 Å². The molecule has 5 rings (SSSR count). The molecule has 0 bridgehead atoms. The Morgan fingerprint density at radius 3 is 2.90 bits per heavy atom. The van der Waals surface area contributed by atoms with E-state index in [-0.39, 0.29) is 5.91 Å². The second kappa shape index (κ2) is 7.51. The lowest BCUT2D eigenvalue weighted by molar-refractivity contribution is -0.135. The number of nitrogens with zero attached hydrogens (tertiary/aromatic N) is 5. The van der Waals surface area contributed by atoms with Crippen LogP contribution >= 0.6 is 0 Å². The molecule has 1 aliphatic rings. The third kappa shape index (κ3) is 3.52. The average molecular weight is 393 g/mol. The SMILES string of the molecule is O=C(CCn1cnc2cc(-c3noc(-c4ccco4)n3)ccc21)N1CCOCC1. The predicted molar refractivity (Wildman–Crippen MR) is 103 cm³/mol. The summed E-state index contributed by atoms with van der Waals surface area (Å²) in [4.78, 5) is 23.1. The Hall–Kier alpha value is -3.46. The van der Waals surface area contributed by atoms with E-state index in [9.17, 15) is 4.79 Å². The van der Waals surface area contributed by atoms with Gasteiger partial charge < -0.3 is 23.1 Å². The molecule has 1 saturated heterocycles. The number of aromatic nitrogens is 4. The first-order valence-corrected chi connectivity index (χ1v) is 9.46. The topological polar surface area (TPSA) is 99.4 Å². The summed E-state index contributed by atoms with van der Waals surface area (Å²) in [5.74, 6) is 1.47. The molecule has 148 valence electrons. The van der Waals surface area contributed by atoms with Gasteiger partial charge in [-0.2, -0.15) is 4.98 Å². The fourth-order valence-electron chi connectivity index (χ4n) is 3.41. The molecule has 0 N–H and O–H groups in total. The van der Waals surface area contributed by atoms with Crippen molar-refractivity contribution in [1.82, 2.24) is 24.6 Å². The zero-order valence-electron chi connectivity index (χ0n) is 15.7. The van der Waals surface area contributed by atoms with Gasteiger partial charge in [-0.25, -0.2) is 4.98 Å². The van der Waals surface area contributed by atoms with Gasteiger partial charge in [0.25, 0.3) is 5.89 Å². The lowest BCUT2D eigenvalue weighted by atomic mass is 10.2. The molecule has 4 aromatic rings. The van der Waals surface area contributed by atoms with Crippen LogP contribution in [-0.2, 0) is 16.1 Å². The number of fused-ring (bicyclic) bond motifs is 1. The molecule has 0 aliphatic carbocycles. The predicted octanol–water partition coefficient (Wildman–Crippen LogP) is 2.60. The number of aryl methyl sites for hydroxylation is 1. The first-order chi connectivity index (χ1) is 14.3. The third-order valence-electron chi connectivity index (χ3n) is 4.97. The van der Waals surface area contributed by atoms with Gasteiger partial charge in [0, 0.05) is 31.6 Å². The van der Waals surface area contributed by atoms with Crippen LogP contribution in [0.15, 0.2) is 51.9 Å². The summed E-state index contributed by atoms with van der Waals surface area (Å²) in [6.07, 6.45) is 3.75. The number of morpholine rings is 1. The molecule has 1 fully saturated rings. The third-order valence-corrected chi connectivity index (χ3v) is 4.97. The van der Waals surface area contributed by atoms with Crippen molar-refractivity contribution < 1.29 is 18.5 Å². The molecular formula is C20H19N5O4. The molecule has 0 radical (unpaired) electrons. The van der Waals surface area contributed by atoms with Gasteiger partial charge in [0.1, 0.15) is 0 Å². The first kappa shape index (κ1) is 17.6. The van der Waals surface area contributed by atoms with Crippen LogP contribution in [0.25, 0.3) is 34.1 Å². The smallest absolute Gasteiger partial charge is 0.293 e. The highest BCUT2D eigenvalue weighted by atomic mass is 16.5. The fraction of sp³-hybridized carbons (Fsp3) is 0.300. The van der Waals surface area contributed by atoms with Gasteiger partial charge in [0.2, 0.25) is 11.7 Å². The molecule has 0 atom stereocenters. The van der Waals surface area contributed by atoms with Crippen molar-refractivity contribution in [3.8, 4) is 23.0 Å². The number of amides is 1. The monoisotopic (exact) mass is 393 g/mol. The van der Waals surface area contributed by atoms with E-state index in [0.717, 1.165) is 16.6 Å². The van der Waals surface area contributed by atoms with E-state index in [1.807, 2.05) is 27.7 Å². The van der Waals surface area contributed by atoms with E-state index in [0.29, 0.717) is 56.7 Å². The lowest BCUT2D eigenvalue weighted by Crippen LogP contribution is -2.40. The number of hydrogen-bond donors (Lipinski definition) is 0. The quantitative estimate of drug-likeness (QED) is 0.514. The number of imidazole rings is 1. The van der Waals surface area contributed by atoms with E-state index in [2.05, 4.69) is 15.1 Å². The van der Waals surface area contributed by atoms with Gasteiger partial charge >= 0.3 is 0 Å². The van der Waals surface area contributed by atoms with Crippen LogP contribution in [0.5, 0.6) is 0 Å². The van der Waals surface area contributed by atoms with Crippen LogP contribution in [0.1, 0.15) is 6.42 Å². The van der Waals surface area contributed by atoms with Crippen LogP contribution in [0.2, 0.25) is 0 Å². The van der Waals surface area contributed by atoms with E-state index >= 15 is 0 Å². The maximum atomic E-state index is 12.4. The summed E-state index contributed by atoms with van der Waals surface area (Å²) < 4.78 is 17.8. The van der Waals surface area contributed by atoms with Crippen molar-refractivity contribution in [3.63, 3.8) is 0 Å². The number of carbonyl (C=O) groups is 1. The molecule has 0 saturated carbocycles. The largest absolute Gasteiger partial charge is 0.459 e. The van der Waals surface area contributed by atoms with Crippen LogP contribution in [0, 0.1) is 0 Å². The number of furan rings is 1. The molecule has 29 heavy (non-hydrogen) atoms. The second-order valence-corrected chi connectivity index (χ2v) is 6.79. The van der Waals surface area contributed by atoms with E-state index in [4.69, 9.17) is 13.7 Å². The highest BCUT2D eigenvalue weighted by molar-refractivity contribution is 5.81. The lowest BCUT2D eigenvalue weighted by Gasteiger charge is -2.26. The maximum absolute atomic E-state index is 12.4. The summed E-state index contributed by atoms with van der Waals surface area (Å²) in [7, 11) is 0. The van der Waals surface area contributed by atoms with E-state index in [1.54, 1.807) is 24.7 Å². The van der Waals surface area contributed by atoms with Crippen LogP contribution in [-0.4, -0.2) is 56.8 Å². The average Bonchev–Trinajstić information content (AvgIpc) is 3.52. The van der Waals surface area contributed by atoms with Crippen molar-refractivity contribution in [2.75, 3.05) is 26.3 Å².